The van der Waals surface area contributed by atoms with Gasteiger partial charge in [0.05, 0.1) is 12.1 Å². The molecule has 0 spiro atoms. The van der Waals surface area contributed by atoms with E-state index >= 15 is 0 Å². The molecule has 0 aliphatic heterocycles. The molecule has 0 aliphatic carbocycles. The average molecular weight is 396 g/mol. The summed E-state index contributed by atoms with van der Waals surface area (Å²) in [7, 11) is -1.97. The molecule has 0 aromatic heterocycles. The van der Waals surface area contributed by atoms with Gasteiger partial charge in [0.2, 0.25) is 0 Å². The highest BCUT2D eigenvalue weighted by Crippen LogP contribution is 2.38. The topological polar surface area (TPSA) is 67.8 Å². The Labute approximate surface area is 165 Å². The summed E-state index contributed by atoms with van der Waals surface area (Å²) in [6.45, 7) is 13.4. The molecule has 1 aromatic carbocycles. The molecule has 2 atom stereocenters. The van der Waals surface area contributed by atoms with E-state index in [-0.39, 0.29) is 30.4 Å². The fourth-order valence-electron chi connectivity index (χ4n) is 2.47. The highest BCUT2D eigenvalue weighted by atomic mass is 28.4. The number of carbonyl (C=O) groups is 1. The molecular formula is C21H37NO4Si. The van der Waals surface area contributed by atoms with Crippen molar-refractivity contribution in [2.75, 3.05) is 6.61 Å². The molecule has 2 N–H and O–H groups in total. The van der Waals surface area contributed by atoms with Crippen LogP contribution in [-0.2, 0) is 15.8 Å². The molecular weight excluding hydrogens is 358 g/mol. The molecule has 0 unspecified atom stereocenters. The van der Waals surface area contributed by atoms with Crippen LogP contribution >= 0.6 is 0 Å². The fraction of sp³-hybridized carbons (Fsp3) is 0.667. The van der Waals surface area contributed by atoms with Gasteiger partial charge in [0.25, 0.3) is 0 Å². The second-order valence-corrected chi connectivity index (χ2v) is 13.4. The Morgan fingerprint density at radius 1 is 1.19 bits per heavy atom. The van der Waals surface area contributed by atoms with Gasteiger partial charge in [-0.1, -0.05) is 51.1 Å². The molecule has 0 fully saturated rings. The molecule has 1 amide bonds. The number of amides is 1. The summed E-state index contributed by atoms with van der Waals surface area (Å²) in [6.07, 6.45) is 1.87. The summed E-state index contributed by atoms with van der Waals surface area (Å²) in [6, 6.07) is 9.46. The highest BCUT2D eigenvalue weighted by molar-refractivity contribution is 6.74. The lowest BCUT2D eigenvalue weighted by Gasteiger charge is -2.41. The van der Waals surface area contributed by atoms with E-state index in [0.717, 1.165) is 24.8 Å². The predicted octanol–water partition coefficient (Wildman–Crippen LogP) is 4.85. The lowest BCUT2D eigenvalue weighted by Crippen LogP contribution is -2.50. The van der Waals surface area contributed by atoms with E-state index in [4.69, 9.17) is 14.3 Å². The molecule has 154 valence electrons. The first kappa shape index (κ1) is 23.7. The van der Waals surface area contributed by atoms with Crippen molar-refractivity contribution < 1.29 is 19.1 Å². The van der Waals surface area contributed by atoms with Crippen molar-refractivity contribution in [3.05, 3.63) is 35.9 Å². The Morgan fingerprint density at radius 2 is 1.81 bits per heavy atom. The number of hydrogen-bond acceptors (Lipinski definition) is 4. The van der Waals surface area contributed by atoms with Crippen LogP contribution in [0.2, 0.25) is 18.1 Å². The van der Waals surface area contributed by atoms with E-state index in [1.165, 1.54) is 0 Å². The van der Waals surface area contributed by atoms with E-state index in [9.17, 15) is 4.79 Å². The van der Waals surface area contributed by atoms with Crippen molar-refractivity contribution in [1.82, 2.24) is 5.32 Å². The quantitative estimate of drug-likeness (QED) is 0.439. The van der Waals surface area contributed by atoms with Crippen LogP contribution in [0.25, 0.3) is 0 Å². The minimum atomic E-state index is -1.97. The first-order chi connectivity index (χ1) is 12.6. The van der Waals surface area contributed by atoms with Crippen LogP contribution in [0, 0.1) is 0 Å². The van der Waals surface area contributed by atoms with Crippen LogP contribution in [0.15, 0.2) is 30.3 Å². The van der Waals surface area contributed by atoms with Gasteiger partial charge < -0.3 is 19.6 Å². The first-order valence-corrected chi connectivity index (χ1v) is 12.7. The van der Waals surface area contributed by atoms with Crippen molar-refractivity contribution in [2.45, 2.75) is 83.8 Å². The zero-order chi connectivity index (χ0) is 20.5. The minimum absolute atomic E-state index is 0.0930. The second-order valence-electron chi connectivity index (χ2n) is 8.63. The van der Waals surface area contributed by atoms with Crippen LogP contribution in [-0.4, -0.2) is 38.3 Å². The average Bonchev–Trinajstić information content (AvgIpc) is 2.59. The Kier molecular flexibility index (Phi) is 9.49. The maximum Gasteiger partial charge on any atom is 0.407 e. The number of nitrogens with one attached hydrogen (secondary N) is 1. The van der Waals surface area contributed by atoms with Crippen LogP contribution in [0.5, 0.6) is 0 Å². The first-order valence-electron chi connectivity index (χ1n) is 9.82. The van der Waals surface area contributed by atoms with Gasteiger partial charge in [-0.15, -0.1) is 0 Å². The third kappa shape index (κ3) is 8.45. The van der Waals surface area contributed by atoms with Crippen molar-refractivity contribution in [1.29, 1.82) is 0 Å². The number of benzene rings is 1. The summed E-state index contributed by atoms with van der Waals surface area (Å²) >= 11 is 0. The molecule has 5 nitrogen and oxygen atoms in total. The zero-order valence-electron chi connectivity index (χ0n) is 17.7. The van der Waals surface area contributed by atoms with Gasteiger partial charge in [0.1, 0.15) is 6.61 Å². The van der Waals surface area contributed by atoms with Crippen molar-refractivity contribution in [3.8, 4) is 0 Å². The molecule has 0 heterocycles. The van der Waals surface area contributed by atoms with Gasteiger partial charge in [-0.05, 0) is 49.9 Å². The van der Waals surface area contributed by atoms with Crippen LogP contribution < -0.4 is 5.32 Å². The molecule has 0 bridgehead atoms. The monoisotopic (exact) mass is 395 g/mol. The maximum atomic E-state index is 12.2. The summed E-state index contributed by atoms with van der Waals surface area (Å²) in [5.41, 5.74) is 0.956. The van der Waals surface area contributed by atoms with Crippen molar-refractivity contribution in [3.63, 3.8) is 0 Å². The van der Waals surface area contributed by atoms with Gasteiger partial charge in [-0.25, -0.2) is 4.79 Å². The lowest BCUT2D eigenvalue weighted by atomic mass is 10.1. The molecule has 0 aliphatic rings. The van der Waals surface area contributed by atoms with Gasteiger partial charge >= 0.3 is 6.09 Å². The van der Waals surface area contributed by atoms with Crippen LogP contribution in [0.4, 0.5) is 4.79 Å². The normalized spacial score (nSPS) is 14.5. The van der Waals surface area contributed by atoms with E-state index in [1.807, 2.05) is 37.3 Å². The Hall–Kier alpha value is -1.37. The maximum absolute atomic E-state index is 12.2. The van der Waals surface area contributed by atoms with Crippen LogP contribution in [0.1, 0.15) is 52.5 Å². The third-order valence-electron chi connectivity index (χ3n) is 5.26. The van der Waals surface area contributed by atoms with Gasteiger partial charge in [-0.3, -0.25) is 0 Å². The zero-order valence-corrected chi connectivity index (χ0v) is 18.7. The predicted molar refractivity (Wildman–Crippen MR) is 112 cm³/mol. The highest BCUT2D eigenvalue weighted by Gasteiger charge is 2.40. The van der Waals surface area contributed by atoms with Gasteiger partial charge in [0, 0.05) is 6.61 Å². The summed E-state index contributed by atoms with van der Waals surface area (Å²) < 4.78 is 11.9. The number of aliphatic hydroxyl groups excluding tert-OH is 1. The Balaban J connectivity index is 2.65. The molecule has 1 aromatic rings. The number of hydrogen-bond donors (Lipinski definition) is 2. The lowest BCUT2D eigenvalue weighted by molar-refractivity contribution is 0.104. The molecule has 0 saturated heterocycles. The summed E-state index contributed by atoms with van der Waals surface area (Å²) in [5.74, 6) is 0. The number of aliphatic hydroxyl groups is 1. The third-order valence-corrected chi connectivity index (χ3v) is 9.77. The molecule has 0 saturated carbocycles. The van der Waals surface area contributed by atoms with Gasteiger partial charge in [0.15, 0.2) is 8.32 Å². The van der Waals surface area contributed by atoms with E-state index in [2.05, 4.69) is 39.2 Å². The smallest absolute Gasteiger partial charge is 0.407 e. The van der Waals surface area contributed by atoms with E-state index in [0.29, 0.717) is 0 Å². The van der Waals surface area contributed by atoms with Crippen molar-refractivity contribution >= 4 is 14.4 Å². The fourth-order valence-corrected chi connectivity index (χ4v) is 3.90. The number of rotatable bonds is 10. The number of unbranched alkanes of at least 4 members (excludes halogenated alkanes) is 1. The molecule has 1 rings (SSSR count). The van der Waals surface area contributed by atoms with E-state index < -0.39 is 14.4 Å². The minimum Gasteiger partial charge on any atom is -0.445 e. The van der Waals surface area contributed by atoms with Gasteiger partial charge in [-0.2, -0.15) is 0 Å². The molecule has 27 heavy (non-hydrogen) atoms. The van der Waals surface area contributed by atoms with E-state index in [1.54, 1.807) is 0 Å². The summed E-state index contributed by atoms with van der Waals surface area (Å²) in [5, 5.41) is 12.1. The molecule has 0 radical (unpaired) electrons. The summed E-state index contributed by atoms with van der Waals surface area (Å²) in [4.78, 5) is 12.2. The Bertz CT molecular complexity index is 557. The number of ether oxygens (including phenoxy) is 1. The largest absolute Gasteiger partial charge is 0.445 e. The Morgan fingerprint density at radius 3 is 2.37 bits per heavy atom. The SMILES string of the molecule is C[C@H](NC(=O)OCc1ccccc1)[C@H](CCCCO)O[Si](C)(C)C(C)(C)C. The number of alkyl carbamates (subject to hydrolysis) is 1. The standard InChI is InChI=1S/C21H37NO4Si/c1-17(22-20(24)25-16-18-12-8-7-9-13-18)19(14-10-11-15-23)26-27(5,6)21(2,3)4/h7-9,12-13,17,19,23H,10-11,14-16H2,1-6H3,(H,22,24)/t17-,19-/m0/s1. The van der Waals surface area contributed by atoms with Crippen molar-refractivity contribution in [2.24, 2.45) is 0 Å². The van der Waals surface area contributed by atoms with Crippen LogP contribution in [0.3, 0.4) is 0 Å². The molecule has 6 heteroatoms. The second kappa shape index (κ2) is 10.8. The number of carbonyl (C=O) groups excluding carboxylic acids is 1.